The number of carbonyl (C=O) groups excluding carboxylic acids is 1. The van der Waals surface area contributed by atoms with Crippen LogP contribution in [-0.4, -0.2) is 42.7 Å². The van der Waals surface area contributed by atoms with E-state index in [0.29, 0.717) is 29.6 Å². The summed E-state index contributed by atoms with van der Waals surface area (Å²) in [4.78, 5) is 15.8. The highest BCUT2D eigenvalue weighted by Crippen LogP contribution is 2.72. The number of aliphatic hydroxyl groups excluding tert-OH is 1. The van der Waals surface area contributed by atoms with E-state index in [2.05, 4.69) is 59.7 Å². The van der Waals surface area contributed by atoms with E-state index in [0.717, 1.165) is 51.0 Å². The second-order valence-corrected chi connectivity index (χ2v) is 14.8. The first-order chi connectivity index (χ1) is 16.8. The van der Waals surface area contributed by atoms with E-state index in [4.69, 9.17) is 5.73 Å². The van der Waals surface area contributed by atoms with Crippen LogP contribution in [0.25, 0.3) is 0 Å². The standard InChI is InChI=1S/C32H56N2O2/c1-21(2)9-8-10-22(3)28-31(5)16-14-26-25(12-11-23-19-24(35)13-15-30(23,26)4)27(31)20-32(28,29(33)36)17-18-34(6)7/h11,21-22,24-28,35H,8-10,12-20H2,1-7H3,(H2,33,36)/t22-,24+,25-,26+,27+,28-,30+,31+,32?/m1/s1. The van der Waals surface area contributed by atoms with Crippen LogP contribution < -0.4 is 5.73 Å². The molecule has 4 aliphatic rings. The third-order valence-corrected chi connectivity index (χ3v) is 11.9. The molecule has 0 aromatic carbocycles. The molecule has 3 N–H and O–H groups in total. The summed E-state index contributed by atoms with van der Waals surface area (Å²) >= 11 is 0. The molecule has 3 fully saturated rings. The van der Waals surface area contributed by atoms with Crippen molar-refractivity contribution in [2.24, 2.45) is 57.5 Å². The average molecular weight is 501 g/mol. The number of aliphatic hydroxyl groups is 1. The van der Waals surface area contributed by atoms with Gasteiger partial charge in [0.1, 0.15) is 0 Å². The molecule has 9 atom stereocenters. The van der Waals surface area contributed by atoms with Gasteiger partial charge in [-0.2, -0.15) is 0 Å². The summed E-state index contributed by atoms with van der Waals surface area (Å²) in [6, 6.07) is 0. The van der Waals surface area contributed by atoms with Crippen molar-refractivity contribution in [3.8, 4) is 0 Å². The fourth-order valence-electron chi connectivity index (χ4n) is 10.2. The third-order valence-electron chi connectivity index (χ3n) is 11.9. The Bertz CT molecular complexity index is 836. The first-order valence-electron chi connectivity index (χ1n) is 15.2. The molecule has 4 aliphatic carbocycles. The zero-order valence-electron chi connectivity index (χ0n) is 24.5. The van der Waals surface area contributed by atoms with Crippen molar-refractivity contribution in [1.82, 2.24) is 4.90 Å². The van der Waals surface area contributed by atoms with Crippen molar-refractivity contribution in [3.63, 3.8) is 0 Å². The number of primary amides is 1. The summed E-state index contributed by atoms with van der Waals surface area (Å²) < 4.78 is 0. The number of rotatable bonds is 9. The third kappa shape index (κ3) is 4.72. The van der Waals surface area contributed by atoms with Gasteiger partial charge in [0.05, 0.1) is 11.5 Å². The molecule has 1 amide bonds. The quantitative estimate of drug-likeness (QED) is 0.359. The molecule has 4 heteroatoms. The molecule has 0 aliphatic heterocycles. The van der Waals surface area contributed by atoms with E-state index in [1.165, 1.54) is 37.7 Å². The summed E-state index contributed by atoms with van der Waals surface area (Å²) in [6.07, 6.45) is 14.5. The van der Waals surface area contributed by atoms with Gasteiger partial charge in [-0.25, -0.2) is 0 Å². The van der Waals surface area contributed by atoms with Gasteiger partial charge in [-0.3, -0.25) is 4.79 Å². The van der Waals surface area contributed by atoms with E-state index >= 15 is 0 Å². The number of amides is 1. The van der Waals surface area contributed by atoms with Crippen LogP contribution in [0.15, 0.2) is 11.6 Å². The first-order valence-corrected chi connectivity index (χ1v) is 15.2. The molecule has 0 spiro atoms. The lowest BCUT2D eigenvalue weighted by molar-refractivity contribution is -0.134. The van der Waals surface area contributed by atoms with Crippen molar-refractivity contribution < 1.29 is 9.90 Å². The maximum absolute atomic E-state index is 13.6. The summed E-state index contributed by atoms with van der Waals surface area (Å²) in [7, 11) is 4.25. The lowest BCUT2D eigenvalue weighted by Gasteiger charge is -2.58. The van der Waals surface area contributed by atoms with Gasteiger partial charge in [-0.15, -0.1) is 0 Å². The number of carbonyl (C=O) groups is 1. The van der Waals surface area contributed by atoms with Crippen LogP contribution in [-0.2, 0) is 4.79 Å². The van der Waals surface area contributed by atoms with E-state index < -0.39 is 5.41 Å². The second kappa shape index (κ2) is 10.4. The molecular weight excluding hydrogens is 444 g/mol. The van der Waals surface area contributed by atoms with Crippen LogP contribution in [0.1, 0.15) is 105 Å². The fraction of sp³-hybridized carbons (Fsp3) is 0.906. The number of hydrogen-bond acceptors (Lipinski definition) is 3. The molecule has 0 heterocycles. The molecule has 4 nitrogen and oxygen atoms in total. The zero-order valence-corrected chi connectivity index (χ0v) is 24.5. The van der Waals surface area contributed by atoms with Gasteiger partial charge in [0, 0.05) is 0 Å². The highest BCUT2D eigenvalue weighted by molar-refractivity contribution is 5.82. The highest BCUT2D eigenvalue weighted by Gasteiger charge is 2.67. The minimum Gasteiger partial charge on any atom is -0.393 e. The Kier molecular flexibility index (Phi) is 8.10. The molecule has 3 saturated carbocycles. The number of hydrogen-bond donors (Lipinski definition) is 2. The van der Waals surface area contributed by atoms with Crippen LogP contribution in [0, 0.1) is 51.8 Å². The zero-order chi connectivity index (χ0) is 26.5. The molecule has 0 radical (unpaired) electrons. The Balaban J connectivity index is 1.70. The maximum Gasteiger partial charge on any atom is 0.224 e. The van der Waals surface area contributed by atoms with Crippen LogP contribution >= 0.6 is 0 Å². The van der Waals surface area contributed by atoms with Crippen LogP contribution in [0.2, 0.25) is 0 Å². The normalized spacial score (nSPS) is 43.1. The summed E-state index contributed by atoms with van der Waals surface area (Å²) in [5, 5.41) is 10.4. The maximum atomic E-state index is 13.6. The minimum absolute atomic E-state index is 0.0312. The van der Waals surface area contributed by atoms with Crippen molar-refractivity contribution in [1.29, 1.82) is 0 Å². The van der Waals surface area contributed by atoms with Crippen molar-refractivity contribution in [3.05, 3.63) is 11.6 Å². The predicted octanol–water partition coefficient (Wildman–Crippen LogP) is 6.42. The lowest BCUT2D eigenvalue weighted by atomic mass is 9.46. The number of allylic oxidation sites excluding steroid dienone is 1. The Morgan fingerprint density at radius 1 is 1.14 bits per heavy atom. The molecule has 4 rings (SSSR count). The van der Waals surface area contributed by atoms with Crippen LogP contribution in [0.3, 0.4) is 0 Å². The molecule has 0 aromatic heterocycles. The Labute approximate surface area is 221 Å². The Hall–Kier alpha value is -0.870. The number of nitrogens with zero attached hydrogens (tertiary/aromatic N) is 1. The van der Waals surface area contributed by atoms with E-state index in [9.17, 15) is 9.90 Å². The van der Waals surface area contributed by atoms with Crippen molar-refractivity contribution >= 4 is 5.91 Å². The molecule has 1 unspecified atom stereocenters. The van der Waals surface area contributed by atoms with Gasteiger partial charge in [-0.05, 0) is 118 Å². The monoisotopic (exact) mass is 500 g/mol. The average Bonchev–Trinajstić information content (AvgIpc) is 3.07. The topological polar surface area (TPSA) is 66.6 Å². The largest absolute Gasteiger partial charge is 0.393 e. The summed E-state index contributed by atoms with van der Waals surface area (Å²) in [6.45, 7) is 13.1. The highest BCUT2D eigenvalue weighted by atomic mass is 16.3. The van der Waals surface area contributed by atoms with Crippen molar-refractivity contribution in [2.45, 2.75) is 111 Å². The molecule has 0 saturated heterocycles. The molecule has 0 bridgehead atoms. The molecule has 206 valence electrons. The van der Waals surface area contributed by atoms with Gasteiger partial charge < -0.3 is 15.7 Å². The molecule has 36 heavy (non-hydrogen) atoms. The molecular formula is C32H56N2O2. The Morgan fingerprint density at radius 2 is 1.86 bits per heavy atom. The van der Waals surface area contributed by atoms with Gasteiger partial charge in [0.15, 0.2) is 0 Å². The number of nitrogens with two attached hydrogens (primary N) is 1. The SMILES string of the molecule is CC(C)CCC[C@@H](C)[C@H]1C(CCN(C)C)(C(N)=O)C[C@H]2[C@@H]3CC=C4C[C@@H](O)CC[C@]4(C)[C@H]3CC[C@@]21C. The van der Waals surface area contributed by atoms with E-state index in [1.807, 2.05) is 0 Å². The minimum atomic E-state index is -0.399. The van der Waals surface area contributed by atoms with Gasteiger partial charge >= 0.3 is 0 Å². The van der Waals surface area contributed by atoms with E-state index in [-0.39, 0.29) is 22.8 Å². The smallest absolute Gasteiger partial charge is 0.224 e. The summed E-state index contributed by atoms with van der Waals surface area (Å²) in [5.41, 5.74) is 7.98. The molecule has 0 aromatic rings. The first kappa shape index (κ1) is 28.1. The van der Waals surface area contributed by atoms with Crippen LogP contribution in [0.4, 0.5) is 0 Å². The van der Waals surface area contributed by atoms with Gasteiger partial charge in [-0.1, -0.05) is 65.5 Å². The van der Waals surface area contributed by atoms with Crippen LogP contribution in [0.5, 0.6) is 0 Å². The van der Waals surface area contributed by atoms with E-state index in [1.54, 1.807) is 0 Å². The fourth-order valence-corrected chi connectivity index (χ4v) is 10.2. The van der Waals surface area contributed by atoms with Crippen molar-refractivity contribution in [2.75, 3.05) is 20.6 Å². The number of fused-ring (bicyclic) bond motifs is 5. The van der Waals surface area contributed by atoms with Gasteiger partial charge in [0.2, 0.25) is 5.91 Å². The predicted molar refractivity (Wildman–Crippen MR) is 149 cm³/mol. The second-order valence-electron chi connectivity index (χ2n) is 14.8. The Morgan fingerprint density at radius 3 is 2.50 bits per heavy atom. The summed E-state index contributed by atoms with van der Waals surface area (Å²) in [5.74, 6) is 3.46. The lowest BCUT2D eigenvalue weighted by Crippen LogP contribution is -2.52. The van der Waals surface area contributed by atoms with Gasteiger partial charge in [0.25, 0.3) is 0 Å².